The molecule has 0 aromatic carbocycles. The van der Waals surface area contributed by atoms with Gasteiger partial charge in [-0.15, -0.1) is 0 Å². The Labute approximate surface area is 91.2 Å². The Morgan fingerprint density at radius 3 is 2.20 bits per heavy atom. The number of hydrogen-bond donors (Lipinski definition) is 1. The van der Waals surface area contributed by atoms with Gasteiger partial charge in [0.1, 0.15) is 0 Å². The summed E-state index contributed by atoms with van der Waals surface area (Å²) in [5.74, 6) is -0.260. The summed E-state index contributed by atoms with van der Waals surface area (Å²) in [6.07, 6.45) is 0.819. The zero-order chi connectivity index (χ0) is 12.0. The smallest absolute Gasteiger partial charge is 0.241 e. The van der Waals surface area contributed by atoms with Gasteiger partial charge in [-0.1, -0.05) is 6.92 Å². The van der Waals surface area contributed by atoms with E-state index in [0.29, 0.717) is 6.54 Å². The van der Waals surface area contributed by atoms with Crippen molar-refractivity contribution in [2.75, 3.05) is 27.2 Å². The van der Waals surface area contributed by atoms with E-state index < -0.39 is 6.04 Å². The Hall–Kier alpha value is -1.10. The summed E-state index contributed by atoms with van der Waals surface area (Å²) >= 11 is 0. The SMILES string of the molecule is CCCN(CC(=O)N(C)C)C(=O)[C@H](C)N. The molecule has 0 unspecified atom stereocenters. The molecular formula is C10H21N3O2. The van der Waals surface area contributed by atoms with E-state index in [1.807, 2.05) is 6.92 Å². The van der Waals surface area contributed by atoms with Gasteiger partial charge in [0.05, 0.1) is 12.6 Å². The fourth-order valence-electron chi connectivity index (χ4n) is 1.13. The van der Waals surface area contributed by atoms with Gasteiger partial charge in [0.2, 0.25) is 11.8 Å². The van der Waals surface area contributed by atoms with Crippen molar-refractivity contribution in [3.05, 3.63) is 0 Å². The highest BCUT2D eigenvalue weighted by Crippen LogP contribution is 1.97. The first kappa shape index (κ1) is 13.9. The van der Waals surface area contributed by atoms with Gasteiger partial charge in [-0.05, 0) is 13.3 Å². The van der Waals surface area contributed by atoms with E-state index in [4.69, 9.17) is 5.73 Å². The van der Waals surface area contributed by atoms with Gasteiger partial charge in [-0.2, -0.15) is 0 Å². The number of carbonyl (C=O) groups excluding carboxylic acids is 2. The number of nitrogens with zero attached hydrogens (tertiary/aromatic N) is 2. The van der Waals surface area contributed by atoms with Crippen molar-refractivity contribution >= 4 is 11.8 Å². The molecule has 0 rings (SSSR count). The fraction of sp³-hybridized carbons (Fsp3) is 0.800. The van der Waals surface area contributed by atoms with Crippen LogP contribution in [0.1, 0.15) is 20.3 Å². The molecule has 1 atom stereocenters. The average molecular weight is 215 g/mol. The fourth-order valence-corrected chi connectivity index (χ4v) is 1.13. The minimum atomic E-state index is -0.550. The van der Waals surface area contributed by atoms with Crippen LogP contribution in [0.25, 0.3) is 0 Å². The Kier molecular flexibility index (Phi) is 5.93. The molecule has 0 saturated carbocycles. The molecule has 2 amide bonds. The average Bonchev–Trinajstić information content (AvgIpc) is 2.15. The second kappa shape index (κ2) is 6.40. The highest BCUT2D eigenvalue weighted by atomic mass is 16.2. The van der Waals surface area contributed by atoms with E-state index in [1.165, 1.54) is 9.80 Å². The first-order valence-corrected chi connectivity index (χ1v) is 5.14. The molecule has 2 N–H and O–H groups in total. The van der Waals surface area contributed by atoms with Crippen LogP contribution in [-0.2, 0) is 9.59 Å². The van der Waals surface area contributed by atoms with E-state index in [1.54, 1.807) is 21.0 Å². The highest BCUT2D eigenvalue weighted by molar-refractivity contribution is 5.87. The predicted octanol–water partition coefficient (Wildman–Crippen LogP) is -0.340. The van der Waals surface area contributed by atoms with Crippen molar-refractivity contribution in [1.82, 2.24) is 9.80 Å². The molecule has 5 nitrogen and oxygen atoms in total. The number of amides is 2. The molecule has 0 aromatic heterocycles. The second-order valence-corrected chi connectivity index (χ2v) is 3.84. The van der Waals surface area contributed by atoms with Gasteiger partial charge in [0.25, 0.3) is 0 Å². The first-order chi connectivity index (χ1) is 6.90. The highest BCUT2D eigenvalue weighted by Gasteiger charge is 2.19. The number of rotatable bonds is 5. The second-order valence-electron chi connectivity index (χ2n) is 3.84. The van der Waals surface area contributed by atoms with Crippen molar-refractivity contribution in [1.29, 1.82) is 0 Å². The summed E-state index contributed by atoms with van der Waals surface area (Å²) in [5.41, 5.74) is 5.50. The van der Waals surface area contributed by atoms with Gasteiger partial charge < -0.3 is 15.5 Å². The first-order valence-electron chi connectivity index (χ1n) is 5.14. The van der Waals surface area contributed by atoms with Crippen molar-refractivity contribution in [3.8, 4) is 0 Å². The predicted molar refractivity (Wildman–Crippen MR) is 59.2 cm³/mol. The summed E-state index contributed by atoms with van der Waals surface area (Å²) < 4.78 is 0. The van der Waals surface area contributed by atoms with Gasteiger partial charge in [-0.3, -0.25) is 9.59 Å². The topological polar surface area (TPSA) is 66.6 Å². The molecule has 15 heavy (non-hydrogen) atoms. The summed E-state index contributed by atoms with van der Waals surface area (Å²) in [6, 6.07) is -0.550. The minimum Gasteiger partial charge on any atom is -0.347 e. The summed E-state index contributed by atoms with van der Waals surface area (Å²) in [5, 5.41) is 0. The standard InChI is InChI=1S/C10H21N3O2/c1-5-6-13(10(15)8(2)11)7-9(14)12(3)4/h8H,5-7,11H2,1-4H3/t8-/m0/s1. The third-order valence-electron chi connectivity index (χ3n) is 2.02. The molecule has 0 heterocycles. The molecule has 0 aromatic rings. The van der Waals surface area contributed by atoms with Crippen molar-refractivity contribution in [3.63, 3.8) is 0 Å². The van der Waals surface area contributed by atoms with Crippen LogP contribution < -0.4 is 5.73 Å². The number of carbonyl (C=O) groups is 2. The van der Waals surface area contributed by atoms with Crippen molar-refractivity contribution < 1.29 is 9.59 Å². The number of nitrogens with two attached hydrogens (primary N) is 1. The lowest BCUT2D eigenvalue weighted by molar-refractivity contribution is -0.139. The minimum absolute atomic E-state index is 0.0857. The molecule has 0 spiro atoms. The van der Waals surface area contributed by atoms with Gasteiger partial charge in [0.15, 0.2) is 0 Å². The molecule has 0 aliphatic rings. The quantitative estimate of drug-likeness (QED) is 0.682. The maximum Gasteiger partial charge on any atom is 0.241 e. The van der Waals surface area contributed by atoms with Crippen LogP contribution in [0.15, 0.2) is 0 Å². The van der Waals surface area contributed by atoms with Gasteiger partial charge in [0, 0.05) is 20.6 Å². The molecule has 0 aliphatic carbocycles. The molecule has 0 bridgehead atoms. The third kappa shape index (κ3) is 4.78. The maximum atomic E-state index is 11.6. The molecular weight excluding hydrogens is 194 g/mol. The molecule has 0 radical (unpaired) electrons. The number of hydrogen-bond acceptors (Lipinski definition) is 3. The third-order valence-corrected chi connectivity index (χ3v) is 2.02. The normalized spacial score (nSPS) is 12.1. The van der Waals surface area contributed by atoms with Crippen LogP contribution in [0.2, 0.25) is 0 Å². The van der Waals surface area contributed by atoms with E-state index in [-0.39, 0.29) is 18.4 Å². The lowest BCUT2D eigenvalue weighted by Gasteiger charge is -2.24. The Morgan fingerprint density at radius 2 is 1.87 bits per heavy atom. The zero-order valence-corrected chi connectivity index (χ0v) is 9.99. The monoisotopic (exact) mass is 215 g/mol. The molecule has 0 saturated heterocycles. The van der Waals surface area contributed by atoms with Crippen LogP contribution in [0.4, 0.5) is 0 Å². The number of likely N-dealkylation sites (N-methyl/N-ethyl adjacent to an activating group) is 1. The van der Waals surface area contributed by atoms with Crippen molar-refractivity contribution in [2.24, 2.45) is 5.73 Å². The van der Waals surface area contributed by atoms with Crippen molar-refractivity contribution in [2.45, 2.75) is 26.3 Å². The molecule has 5 heteroatoms. The van der Waals surface area contributed by atoms with E-state index >= 15 is 0 Å². The largest absolute Gasteiger partial charge is 0.347 e. The molecule has 0 fully saturated rings. The van der Waals surface area contributed by atoms with E-state index in [0.717, 1.165) is 6.42 Å². The lowest BCUT2D eigenvalue weighted by atomic mass is 10.2. The molecule has 88 valence electrons. The van der Waals surface area contributed by atoms with E-state index in [9.17, 15) is 9.59 Å². The van der Waals surface area contributed by atoms with Crippen LogP contribution in [0.5, 0.6) is 0 Å². The Bertz CT molecular complexity index is 227. The van der Waals surface area contributed by atoms with Crippen LogP contribution >= 0.6 is 0 Å². The van der Waals surface area contributed by atoms with Gasteiger partial charge in [-0.25, -0.2) is 0 Å². The Morgan fingerprint density at radius 1 is 1.33 bits per heavy atom. The summed E-state index contributed by atoms with van der Waals surface area (Å²) in [7, 11) is 3.34. The van der Waals surface area contributed by atoms with Crippen LogP contribution in [0, 0.1) is 0 Å². The van der Waals surface area contributed by atoms with E-state index in [2.05, 4.69) is 0 Å². The molecule has 0 aliphatic heterocycles. The summed E-state index contributed by atoms with van der Waals surface area (Å²) in [4.78, 5) is 26.0. The maximum absolute atomic E-state index is 11.6. The van der Waals surface area contributed by atoms with Crippen LogP contribution in [-0.4, -0.2) is 54.8 Å². The zero-order valence-electron chi connectivity index (χ0n) is 9.99. The Balaban J connectivity index is 4.40. The summed E-state index contributed by atoms with van der Waals surface area (Å²) in [6.45, 7) is 4.27. The van der Waals surface area contributed by atoms with Crippen LogP contribution in [0.3, 0.4) is 0 Å². The lowest BCUT2D eigenvalue weighted by Crippen LogP contribution is -2.46. The van der Waals surface area contributed by atoms with Gasteiger partial charge >= 0.3 is 0 Å².